The lowest BCUT2D eigenvalue weighted by molar-refractivity contribution is 0.282. The van der Waals surface area contributed by atoms with Crippen molar-refractivity contribution in [2.24, 2.45) is 5.41 Å². The molecular weight excluding hydrogens is 281 g/mol. The van der Waals surface area contributed by atoms with Crippen LogP contribution in [-0.4, -0.2) is 13.6 Å². The highest BCUT2D eigenvalue weighted by molar-refractivity contribution is 9.10. The fourth-order valence-electron chi connectivity index (χ4n) is 2.48. The molecule has 0 aliphatic heterocycles. The van der Waals surface area contributed by atoms with Gasteiger partial charge in [-0.15, -0.1) is 0 Å². The van der Waals surface area contributed by atoms with E-state index in [0.717, 1.165) is 35.8 Å². The normalized spacial score (nSPS) is 14.6. The predicted octanol–water partition coefficient (Wildman–Crippen LogP) is 4.16. The Balaban J connectivity index is 2.85. The summed E-state index contributed by atoms with van der Waals surface area (Å²) < 4.78 is 14.1. The Bertz CT molecular complexity index is 339. The number of nitrogens with one attached hydrogen (secondary N) is 1. The number of benzene rings is 1. The molecule has 17 heavy (non-hydrogen) atoms. The third-order valence-electron chi connectivity index (χ3n) is 3.01. The topological polar surface area (TPSA) is 12.0 Å². The molecule has 1 unspecified atom stereocenters. The first-order valence-electron chi connectivity index (χ1n) is 6.08. The molecule has 1 aromatic carbocycles. The molecule has 1 rings (SSSR count). The molecular formula is C14H21BrFN. The van der Waals surface area contributed by atoms with E-state index in [4.69, 9.17) is 0 Å². The van der Waals surface area contributed by atoms with Crippen molar-refractivity contribution in [3.63, 3.8) is 0 Å². The minimum Gasteiger partial charge on any atom is -0.319 e. The summed E-state index contributed by atoms with van der Waals surface area (Å²) in [5.74, 6) is -0.169. The molecule has 1 aromatic rings. The first-order chi connectivity index (χ1) is 7.99. The van der Waals surface area contributed by atoms with E-state index in [9.17, 15) is 4.39 Å². The number of rotatable bonds is 6. The van der Waals surface area contributed by atoms with E-state index in [0.29, 0.717) is 0 Å². The highest BCUT2D eigenvalue weighted by Gasteiger charge is 2.23. The molecule has 0 amide bonds. The van der Waals surface area contributed by atoms with Gasteiger partial charge in [0.1, 0.15) is 5.82 Å². The van der Waals surface area contributed by atoms with Crippen molar-refractivity contribution in [3.05, 3.63) is 34.1 Å². The number of halogens is 2. The smallest absolute Gasteiger partial charge is 0.124 e. The number of hydrogen-bond donors (Lipinski definition) is 1. The highest BCUT2D eigenvalue weighted by atomic mass is 79.9. The van der Waals surface area contributed by atoms with Gasteiger partial charge in [-0.3, -0.25) is 0 Å². The summed E-state index contributed by atoms with van der Waals surface area (Å²) in [5.41, 5.74) is 1.25. The second-order valence-electron chi connectivity index (χ2n) is 5.05. The van der Waals surface area contributed by atoms with Gasteiger partial charge in [-0.2, -0.15) is 0 Å². The quantitative estimate of drug-likeness (QED) is 0.832. The molecule has 0 radical (unpaired) electrons. The molecule has 0 bridgehead atoms. The number of hydrogen-bond acceptors (Lipinski definition) is 1. The molecule has 0 aromatic heterocycles. The summed E-state index contributed by atoms with van der Waals surface area (Å²) in [6.45, 7) is 5.40. The molecule has 0 aliphatic rings. The van der Waals surface area contributed by atoms with Gasteiger partial charge in [0.2, 0.25) is 0 Å². The zero-order valence-corrected chi connectivity index (χ0v) is 12.4. The van der Waals surface area contributed by atoms with Crippen LogP contribution in [0.2, 0.25) is 0 Å². The molecule has 0 saturated heterocycles. The Hall–Kier alpha value is -0.410. The van der Waals surface area contributed by atoms with Gasteiger partial charge in [0.05, 0.1) is 0 Å². The first-order valence-corrected chi connectivity index (χ1v) is 6.88. The monoisotopic (exact) mass is 301 g/mol. The minimum absolute atomic E-state index is 0.169. The second kappa shape index (κ2) is 6.50. The minimum atomic E-state index is -0.169. The maximum Gasteiger partial charge on any atom is 0.124 e. The molecule has 0 saturated carbocycles. The summed E-state index contributed by atoms with van der Waals surface area (Å²) in [6.07, 6.45) is 3.19. The van der Waals surface area contributed by atoms with Gasteiger partial charge in [0.25, 0.3) is 0 Å². The van der Waals surface area contributed by atoms with Gasteiger partial charge in [-0.1, -0.05) is 36.2 Å². The summed E-state index contributed by atoms with van der Waals surface area (Å²) in [6, 6.07) is 5.14. The Kier molecular flexibility index (Phi) is 5.60. The molecule has 1 atom stereocenters. The predicted molar refractivity (Wildman–Crippen MR) is 74.7 cm³/mol. The van der Waals surface area contributed by atoms with Crippen molar-refractivity contribution in [1.29, 1.82) is 0 Å². The zero-order chi connectivity index (χ0) is 12.9. The average molecular weight is 302 g/mol. The lowest BCUT2D eigenvalue weighted by Crippen LogP contribution is -2.31. The fraction of sp³-hybridized carbons (Fsp3) is 0.571. The van der Waals surface area contributed by atoms with Crippen LogP contribution in [0.5, 0.6) is 0 Å². The van der Waals surface area contributed by atoms with Crippen molar-refractivity contribution in [2.45, 2.75) is 33.1 Å². The van der Waals surface area contributed by atoms with Crippen molar-refractivity contribution >= 4 is 15.9 Å². The fourth-order valence-corrected chi connectivity index (χ4v) is 2.99. The van der Waals surface area contributed by atoms with E-state index in [1.165, 1.54) is 6.07 Å². The van der Waals surface area contributed by atoms with E-state index in [-0.39, 0.29) is 11.2 Å². The SMILES string of the molecule is CCCC(C)(CNC)Cc1cc(F)cc(Br)c1. The van der Waals surface area contributed by atoms with Gasteiger partial charge in [-0.05, 0) is 49.1 Å². The van der Waals surface area contributed by atoms with Crippen molar-refractivity contribution in [2.75, 3.05) is 13.6 Å². The van der Waals surface area contributed by atoms with Gasteiger partial charge in [0, 0.05) is 11.0 Å². The van der Waals surface area contributed by atoms with E-state index in [1.807, 2.05) is 13.1 Å². The van der Waals surface area contributed by atoms with E-state index >= 15 is 0 Å². The van der Waals surface area contributed by atoms with Gasteiger partial charge in [-0.25, -0.2) is 4.39 Å². The van der Waals surface area contributed by atoms with Gasteiger partial charge in [0.15, 0.2) is 0 Å². The van der Waals surface area contributed by atoms with Crippen molar-refractivity contribution in [1.82, 2.24) is 5.32 Å². The largest absolute Gasteiger partial charge is 0.319 e. The Labute approximate surface area is 112 Å². The molecule has 0 heterocycles. The van der Waals surface area contributed by atoms with Crippen LogP contribution in [0.4, 0.5) is 4.39 Å². The molecule has 1 N–H and O–H groups in total. The summed E-state index contributed by atoms with van der Waals surface area (Å²) in [4.78, 5) is 0. The molecule has 0 aliphatic carbocycles. The second-order valence-corrected chi connectivity index (χ2v) is 5.96. The maximum absolute atomic E-state index is 13.3. The zero-order valence-electron chi connectivity index (χ0n) is 10.8. The molecule has 0 fully saturated rings. The van der Waals surface area contributed by atoms with Crippen LogP contribution in [0.25, 0.3) is 0 Å². The molecule has 0 spiro atoms. The van der Waals surface area contributed by atoms with Crippen LogP contribution in [0, 0.1) is 11.2 Å². The van der Waals surface area contributed by atoms with Crippen LogP contribution in [0.3, 0.4) is 0 Å². The molecule has 96 valence electrons. The summed E-state index contributed by atoms with van der Waals surface area (Å²) in [7, 11) is 1.97. The van der Waals surface area contributed by atoms with Crippen LogP contribution in [0.1, 0.15) is 32.3 Å². The van der Waals surface area contributed by atoms with E-state index < -0.39 is 0 Å². The Morgan fingerprint density at radius 3 is 2.59 bits per heavy atom. The summed E-state index contributed by atoms with van der Waals surface area (Å²) in [5, 5.41) is 3.24. The maximum atomic E-state index is 13.3. The van der Waals surface area contributed by atoms with Crippen LogP contribution >= 0.6 is 15.9 Å². The average Bonchev–Trinajstić information content (AvgIpc) is 2.15. The van der Waals surface area contributed by atoms with E-state index in [2.05, 4.69) is 35.1 Å². The van der Waals surface area contributed by atoms with Crippen LogP contribution in [0.15, 0.2) is 22.7 Å². The first kappa shape index (κ1) is 14.7. The Morgan fingerprint density at radius 2 is 2.06 bits per heavy atom. The third-order valence-corrected chi connectivity index (χ3v) is 3.47. The van der Waals surface area contributed by atoms with Crippen molar-refractivity contribution in [3.8, 4) is 0 Å². The van der Waals surface area contributed by atoms with Gasteiger partial charge < -0.3 is 5.32 Å². The Morgan fingerprint density at radius 1 is 1.35 bits per heavy atom. The molecule has 3 heteroatoms. The van der Waals surface area contributed by atoms with Crippen LogP contribution in [-0.2, 0) is 6.42 Å². The standard InChI is InChI=1S/C14H21BrFN/c1-4-5-14(2,10-17-3)9-11-6-12(15)8-13(16)7-11/h6-8,17H,4-5,9-10H2,1-3H3. The third kappa shape index (κ3) is 4.76. The van der Waals surface area contributed by atoms with Crippen LogP contribution < -0.4 is 5.32 Å². The van der Waals surface area contributed by atoms with E-state index in [1.54, 1.807) is 6.07 Å². The summed E-state index contributed by atoms with van der Waals surface area (Å²) >= 11 is 3.34. The highest BCUT2D eigenvalue weighted by Crippen LogP contribution is 2.29. The van der Waals surface area contributed by atoms with Gasteiger partial charge >= 0.3 is 0 Å². The van der Waals surface area contributed by atoms with Crippen molar-refractivity contribution < 1.29 is 4.39 Å². The lowest BCUT2D eigenvalue weighted by Gasteiger charge is -2.29. The lowest BCUT2D eigenvalue weighted by atomic mass is 9.79. The molecule has 1 nitrogen and oxygen atoms in total.